The molecule has 4 aliphatic rings. The summed E-state index contributed by atoms with van der Waals surface area (Å²) in [7, 11) is 1.63. The summed E-state index contributed by atoms with van der Waals surface area (Å²) in [5.74, 6) is 2.65. The Hall–Kier alpha value is -1.10. The van der Waals surface area contributed by atoms with E-state index in [2.05, 4.69) is 10.6 Å². The molecule has 0 saturated heterocycles. The molecule has 4 bridgehead atoms. The molecular formula is C19H32N2O3. The second-order valence-corrected chi connectivity index (χ2v) is 8.48. The lowest BCUT2D eigenvalue weighted by Gasteiger charge is -2.55. The van der Waals surface area contributed by atoms with Gasteiger partial charge in [0.1, 0.15) is 0 Å². The fourth-order valence-electron chi connectivity index (χ4n) is 5.67. The standard InChI is InChI=1S/C19H32N2O3/c1-13(12-24-2)21-17(22)4-3-5-20-18(23)19-9-14-6-15(10-19)8-16(7-14)11-19/h13-16H,3-12H2,1-2H3,(H,20,23)(H,21,22). The Kier molecular flexibility index (Phi) is 5.48. The van der Waals surface area contributed by atoms with Gasteiger partial charge in [-0.3, -0.25) is 9.59 Å². The number of ether oxygens (including phenoxy) is 1. The molecule has 5 heteroatoms. The maximum absolute atomic E-state index is 12.8. The molecule has 4 rings (SSSR count). The maximum Gasteiger partial charge on any atom is 0.226 e. The second-order valence-electron chi connectivity index (χ2n) is 8.48. The van der Waals surface area contributed by atoms with Crippen LogP contribution in [0, 0.1) is 23.2 Å². The van der Waals surface area contributed by atoms with Gasteiger partial charge < -0.3 is 15.4 Å². The Morgan fingerprint density at radius 1 is 1.12 bits per heavy atom. The highest BCUT2D eigenvalue weighted by atomic mass is 16.5. The van der Waals surface area contributed by atoms with Crippen molar-refractivity contribution >= 4 is 11.8 Å². The van der Waals surface area contributed by atoms with Crippen molar-refractivity contribution in [3.8, 4) is 0 Å². The van der Waals surface area contributed by atoms with E-state index < -0.39 is 0 Å². The highest BCUT2D eigenvalue weighted by Crippen LogP contribution is 2.60. The van der Waals surface area contributed by atoms with E-state index >= 15 is 0 Å². The number of hydrogen-bond acceptors (Lipinski definition) is 3. The van der Waals surface area contributed by atoms with E-state index in [9.17, 15) is 9.59 Å². The summed E-state index contributed by atoms with van der Waals surface area (Å²) in [4.78, 5) is 24.6. The van der Waals surface area contributed by atoms with Crippen LogP contribution < -0.4 is 10.6 Å². The summed E-state index contributed by atoms with van der Waals surface area (Å²) in [6.45, 7) is 3.05. The minimum absolute atomic E-state index is 0.0311. The van der Waals surface area contributed by atoms with Crippen LogP contribution in [0.2, 0.25) is 0 Å². The van der Waals surface area contributed by atoms with E-state index in [-0.39, 0.29) is 23.3 Å². The number of carbonyl (C=O) groups is 2. The first-order chi connectivity index (χ1) is 11.5. The monoisotopic (exact) mass is 336 g/mol. The van der Waals surface area contributed by atoms with Gasteiger partial charge in [0.25, 0.3) is 0 Å². The quantitative estimate of drug-likeness (QED) is 0.668. The lowest BCUT2D eigenvalue weighted by atomic mass is 9.49. The van der Waals surface area contributed by atoms with Crippen molar-refractivity contribution < 1.29 is 14.3 Å². The summed E-state index contributed by atoms with van der Waals surface area (Å²) in [6.07, 6.45) is 8.50. The number of carbonyl (C=O) groups excluding carboxylic acids is 2. The summed E-state index contributed by atoms with van der Waals surface area (Å²) in [5, 5.41) is 6.03. The Morgan fingerprint density at radius 2 is 1.71 bits per heavy atom. The first-order valence-corrected chi connectivity index (χ1v) is 9.57. The van der Waals surface area contributed by atoms with Gasteiger partial charge in [-0.15, -0.1) is 0 Å². The minimum Gasteiger partial charge on any atom is -0.383 e. The summed E-state index contributed by atoms with van der Waals surface area (Å²) in [5.41, 5.74) is -0.0794. The molecule has 4 fully saturated rings. The van der Waals surface area contributed by atoms with E-state index in [1.54, 1.807) is 7.11 Å². The molecule has 5 nitrogen and oxygen atoms in total. The number of rotatable bonds is 8. The molecule has 2 N–H and O–H groups in total. The molecule has 4 aliphatic carbocycles. The third-order valence-corrected chi connectivity index (χ3v) is 6.21. The smallest absolute Gasteiger partial charge is 0.226 e. The van der Waals surface area contributed by atoms with Gasteiger partial charge in [0.15, 0.2) is 0 Å². The maximum atomic E-state index is 12.8. The van der Waals surface area contributed by atoms with Crippen molar-refractivity contribution in [1.29, 1.82) is 0 Å². The van der Waals surface area contributed by atoms with Gasteiger partial charge in [0.05, 0.1) is 6.61 Å². The van der Waals surface area contributed by atoms with Crippen LogP contribution in [0.1, 0.15) is 58.3 Å². The molecule has 0 aliphatic heterocycles. The first kappa shape index (κ1) is 17.7. The molecule has 0 aromatic heterocycles. The molecule has 136 valence electrons. The second kappa shape index (κ2) is 7.42. The number of methoxy groups -OCH3 is 1. The SMILES string of the molecule is COCC(C)NC(=O)CCCNC(=O)C12CC3CC(CC(C3)C1)C2. The molecule has 0 aromatic carbocycles. The molecule has 0 spiro atoms. The Balaban J connectivity index is 1.38. The fourth-order valence-corrected chi connectivity index (χ4v) is 5.67. The van der Waals surface area contributed by atoms with Crippen LogP contribution in [0.4, 0.5) is 0 Å². The number of amides is 2. The van der Waals surface area contributed by atoms with Crippen molar-refractivity contribution in [3.63, 3.8) is 0 Å². The van der Waals surface area contributed by atoms with Gasteiger partial charge in [-0.1, -0.05) is 0 Å². The average Bonchev–Trinajstić information content (AvgIpc) is 2.50. The third kappa shape index (κ3) is 3.93. The van der Waals surface area contributed by atoms with E-state index in [0.29, 0.717) is 26.0 Å². The fraction of sp³-hybridized carbons (Fsp3) is 0.895. The van der Waals surface area contributed by atoms with E-state index in [1.807, 2.05) is 6.92 Å². The summed E-state index contributed by atoms with van der Waals surface area (Å²) in [6, 6.07) is 0.0316. The molecule has 1 atom stereocenters. The van der Waals surface area contributed by atoms with Gasteiger partial charge >= 0.3 is 0 Å². The van der Waals surface area contributed by atoms with Crippen LogP contribution in [0.3, 0.4) is 0 Å². The highest BCUT2D eigenvalue weighted by molar-refractivity contribution is 5.83. The molecule has 0 aromatic rings. The van der Waals surface area contributed by atoms with Gasteiger partial charge in [-0.2, -0.15) is 0 Å². The van der Waals surface area contributed by atoms with Crippen LogP contribution in [0.15, 0.2) is 0 Å². The zero-order valence-electron chi connectivity index (χ0n) is 15.1. The molecule has 1 unspecified atom stereocenters. The Bertz CT molecular complexity index is 442. The van der Waals surface area contributed by atoms with Crippen LogP contribution in [-0.4, -0.2) is 38.1 Å². The number of hydrogen-bond donors (Lipinski definition) is 2. The zero-order valence-corrected chi connectivity index (χ0v) is 15.1. The molecule has 24 heavy (non-hydrogen) atoms. The van der Waals surface area contributed by atoms with Gasteiger partial charge in [0.2, 0.25) is 11.8 Å². The highest BCUT2D eigenvalue weighted by Gasteiger charge is 2.54. The molecule has 0 heterocycles. The van der Waals surface area contributed by atoms with E-state index in [1.165, 1.54) is 19.3 Å². The minimum atomic E-state index is -0.0794. The van der Waals surface area contributed by atoms with E-state index in [4.69, 9.17) is 4.74 Å². The normalized spacial score (nSPS) is 34.8. The van der Waals surface area contributed by atoms with Crippen molar-refractivity contribution in [2.24, 2.45) is 23.2 Å². The summed E-state index contributed by atoms with van der Waals surface area (Å²) >= 11 is 0. The van der Waals surface area contributed by atoms with Gasteiger partial charge in [-0.05, 0) is 69.6 Å². The molecular weight excluding hydrogens is 304 g/mol. The Labute approximate surface area is 145 Å². The number of nitrogens with one attached hydrogen (secondary N) is 2. The molecule has 2 amide bonds. The van der Waals surface area contributed by atoms with Crippen LogP contribution in [0.5, 0.6) is 0 Å². The third-order valence-electron chi connectivity index (χ3n) is 6.21. The van der Waals surface area contributed by atoms with E-state index in [0.717, 1.165) is 37.0 Å². The average molecular weight is 336 g/mol. The van der Waals surface area contributed by atoms with Crippen molar-refractivity contribution in [2.45, 2.75) is 64.3 Å². The van der Waals surface area contributed by atoms with Crippen molar-refractivity contribution in [3.05, 3.63) is 0 Å². The molecule has 4 saturated carbocycles. The summed E-state index contributed by atoms with van der Waals surface area (Å²) < 4.78 is 5.01. The van der Waals surface area contributed by atoms with Crippen LogP contribution in [0.25, 0.3) is 0 Å². The zero-order chi connectivity index (χ0) is 17.2. The predicted molar refractivity (Wildman–Crippen MR) is 92.3 cm³/mol. The van der Waals surface area contributed by atoms with Crippen molar-refractivity contribution in [1.82, 2.24) is 10.6 Å². The van der Waals surface area contributed by atoms with Gasteiger partial charge in [0, 0.05) is 31.5 Å². The first-order valence-electron chi connectivity index (χ1n) is 9.57. The van der Waals surface area contributed by atoms with Crippen LogP contribution >= 0.6 is 0 Å². The topological polar surface area (TPSA) is 67.4 Å². The van der Waals surface area contributed by atoms with Crippen molar-refractivity contribution in [2.75, 3.05) is 20.3 Å². The predicted octanol–water partition coefficient (Wildman–Crippen LogP) is 2.25. The lowest BCUT2D eigenvalue weighted by Crippen LogP contribution is -2.53. The van der Waals surface area contributed by atoms with Crippen LogP contribution in [-0.2, 0) is 14.3 Å². The lowest BCUT2D eigenvalue weighted by molar-refractivity contribution is -0.146. The largest absolute Gasteiger partial charge is 0.383 e. The molecule has 0 radical (unpaired) electrons. The Morgan fingerprint density at radius 3 is 2.25 bits per heavy atom. The van der Waals surface area contributed by atoms with Gasteiger partial charge in [-0.25, -0.2) is 0 Å².